The van der Waals surface area contributed by atoms with Crippen LogP contribution in [0.3, 0.4) is 0 Å². The summed E-state index contributed by atoms with van der Waals surface area (Å²) in [6.07, 6.45) is 5.14. The number of aliphatic hydroxyl groups is 1. The molecule has 0 saturated heterocycles. The Kier molecular flexibility index (Phi) is 12.8. The summed E-state index contributed by atoms with van der Waals surface area (Å²) >= 11 is 0. The van der Waals surface area contributed by atoms with E-state index in [0.29, 0.717) is 6.42 Å². The fourth-order valence-corrected chi connectivity index (χ4v) is 1.67. The van der Waals surface area contributed by atoms with E-state index in [2.05, 4.69) is 0 Å². The molecular weight excluding hydrogens is 215 g/mol. The molecule has 82 valence electrons. The molecule has 0 amide bonds. The molecule has 0 aliphatic heterocycles. The van der Waals surface area contributed by atoms with Crippen LogP contribution in [-0.2, 0) is 10.1 Å². The molecule has 0 spiro atoms. The van der Waals surface area contributed by atoms with Gasteiger partial charge >= 0.3 is 29.6 Å². The van der Waals surface area contributed by atoms with E-state index in [1.54, 1.807) is 0 Å². The zero-order valence-electron chi connectivity index (χ0n) is 7.78. The molecule has 0 fully saturated rings. The Morgan fingerprint density at radius 3 is 1.71 bits per heavy atom. The van der Waals surface area contributed by atoms with Crippen molar-refractivity contribution in [3.8, 4) is 0 Å². The van der Waals surface area contributed by atoms with Crippen molar-refractivity contribution in [2.24, 2.45) is 0 Å². The maximum absolute atomic E-state index is 10.3. The molecule has 0 heterocycles. The minimum absolute atomic E-state index is 0. The number of rotatable bonds is 8. The van der Waals surface area contributed by atoms with Crippen molar-refractivity contribution >= 4 is 39.7 Å². The fourth-order valence-electron chi connectivity index (χ4n) is 1.10. The van der Waals surface area contributed by atoms with Crippen LogP contribution in [0.1, 0.15) is 38.5 Å². The SMILES string of the molecule is O=S(=O)(O)CCCCCCCCO.[NaH]. The fraction of sp³-hybridized carbons (Fsp3) is 1.00. The van der Waals surface area contributed by atoms with E-state index in [1.807, 2.05) is 0 Å². The Labute approximate surface area is 108 Å². The molecule has 0 radical (unpaired) electrons. The van der Waals surface area contributed by atoms with E-state index in [-0.39, 0.29) is 41.9 Å². The van der Waals surface area contributed by atoms with Crippen LogP contribution in [-0.4, -0.2) is 60.0 Å². The average Bonchev–Trinajstić information content (AvgIpc) is 2.01. The number of hydrogen-bond donors (Lipinski definition) is 2. The van der Waals surface area contributed by atoms with Gasteiger partial charge in [-0.2, -0.15) is 8.42 Å². The molecule has 0 saturated carbocycles. The van der Waals surface area contributed by atoms with Gasteiger partial charge in [0.1, 0.15) is 0 Å². The first kappa shape index (κ1) is 17.3. The molecule has 0 aromatic rings. The van der Waals surface area contributed by atoms with Crippen molar-refractivity contribution in [2.45, 2.75) is 38.5 Å². The molecule has 4 nitrogen and oxygen atoms in total. The van der Waals surface area contributed by atoms with E-state index in [0.717, 1.165) is 32.1 Å². The molecule has 0 atom stereocenters. The Bertz CT molecular complexity index is 203. The van der Waals surface area contributed by atoms with Crippen LogP contribution in [0.4, 0.5) is 0 Å². The van der Waals surface area contributed by atoms with Crippen LogP contribution in [0, 0.1) is 0 Å². The Morgan fingerprint density at radius 1 is 0.857 bits per heavy atom. The molecule has 2 N–H and O–H groups in total. The van der Waals surface area contributed by atoms with Gasteiger partial charge in [-0.3, -0.25) is 4.55 Å². The second kappa shape index (κ2) is 10.4. The third-order valence-electron chi connectivity index (χ3n) is 1.81. The first-order valence-corrected chi connectivity index (χ1v) is 6.23. The molecule has 0 aromatic carbocycles. The topological polar surface area (TPSA) is 74.6 Å². The van der Waals surface area contributed by atoms with Gasteiger partial charge < -0.3 is 5.11 Å². The predicted molar refractivity (Wildman–Crippen MR) is 58.4 cm³/mol. The monoisotopic (exact) mass is 234 g/mol. The van der Waals surface area contributed by atoms with Gasteiger partial charge in [-0.15, -0.1) is 0 Å². The first-order chi connectivity index (χ1) is 6.06. The van der Waals surface area contributed by atoms with Gasteiger partial charge in [0.05, 0.1) is 5.75 Å². The summed E-state index contributed by atoms with van der Waals surface area (Å²) in [5.41, 5.74) is 0. The van der Waals surface area contributed by atoms with Crippen molar-refractivity contribution in [3.05, 3.63) is 0 Å². The molecule has 6 heteroatoms. The molecule has 0 aromatic heterocycles. The van der Waals surface area contributed by atoms with Crippen LogP contribution < -0.4 is 0 Å². The molecule has 0 aliphatic carbocycles. The second-order valence-corrected chi connectivity index (χ2v) is 4.70. The van der Waals surface area contributed by atoms with E-state index in [9.17, 15) is 8.42 Å². The van der Waals surface area contributed by atoms with E-state index in [1.165, 1.54) is 0 Å². The minimum atomic E-state index is -3.76. The van der Waals surface area contributed by atoms with Gasteiger partial charge in [0.2, 0.25) is 0 Å². The van der Waals surface area contributed by atoms with Gasteiger partial charge in [-0.25, -0.2) is 0 Å². The van der Waals surface area contributed by atoms with Gasteiger partial charge in [-0.1, -0.05) is 25.7 Å². The summed E-state index contributed by atoms with van der Waals surface area (Å²) in [4.78, 5) is 0. The normalized spacial score (nSPS) is 11.0. The van der Waals surface area contributed by atoms with Gasteiger partial charge in [0.15, 0.2) is 0 Å². The molecule has 0 bridgehead atoms. The van der Waals surface area contributed by atoms with Crippen LogP contribution >= 0.6 is 0 Å². The third kappa shape index (κ3) is 15.3. The van der Waals surface area contributed by atoms with Crippen molar-refractivity contribution in [3.63, 3.8) is 0 Å². The van der Waals surface area contributed by atoms with Crippen molar-refractivity contribution in [2.75, 3.05) is 12.4 Å². The Hall–Kier alpha value is 0.870. The summed E-state index contributed by atoms with van der Waals surface area (Å²) in [6, 6.07) is 0. The quantitative estimate of drug-likeness (QED) is 0.365. The maximum atomic E-state index is 10.3. The number of aliphatic hydroxyl groups excluding tert-OH is 1. The van der Waals surface area contributed by atoms with E-state index in [4.69, 9.17) is 9.66 Å². The van der Waals surface area contributed by atoms with Gasteiger partial charge in [-0.05, 0) is 12.8 Å². The third-order valence-corrected chi connectivity index (χ3v) is 2.61. The summed E-state index contributed by atoms with van der Waals surface area (Å²) in [6.45, 7) is 0.227. The van der Waals surface area contributed by atoms with Crippen molar-refractivity contribution in [1.82, 2.24) is 0 Å². The van der Waals surface area contributed by atoms with E-state index >= 15 is 0 Å². The number of unbranched alkanes of at least 4 members (excludes halogenated alkanes) is 5. The zero-order chi connectivity index (χ0) is 10.2. The summed E-state index contributed by atoms with van der Waals surface area (Å²) < 4.78 is 29.0. The average molecular weight is 234 g/mol. The van der Waals surface area contributed by atoms with Crippen LogP contribution in [0.25, 0.3) is 0 Å². The van der Waals surface area contributed by atoms with Gasteiger partial charge in [0.25, 0.3) is 10.1 Å². The van der Waals surface area contributed by atoms with Crippen LogP contribution in [0.15, 0.2) is 0 Å². The zero-order valence-corrected chi connectivity index (χ0v) is 8.59. The van der Waals surface area contributed by atoms with Crippen LogP contribution in [0.2, 0.25) is 0 Å². The van der Waals surface area contributed by atoms with Crippen molar-refractivity contribution < 1.29 is 18.1 Å². The Morgan fingerprint density at radius 2 is 1.29 bits per heavy atom. The van der Waals surface area contributed by atoms with Crippen molar-refractivity contribution in [1.29, 1.82) is 0 Å². The molecular formula is C8H19NaO4S. The molecule has 0 aliphatic rings. The first-order valence-electron chi connectivity index (χ1n) is 4.62. The van der Waals surface area contributed by atoms with E-state index < -0.39 is 10.1 Å². The molecule has 0 unspecified atom stereocenters. The Balaban J connectivity index is 0. The predicted octanol–water partition coefficient (Wildman–Crippen LogP) is 0.559. The summed E-state index contributed by atoms with van der Waals surface area (Å²) in [5.74, 6) is -0.132. The summed E-state index contributed by atoms with van der Waals surface area (Å²) in [5, 5.41) is 8.46. The summed E-state index contributed by atoms with van der Waals surface area (Å²) in [7, 11) is -3.76. The number of hydrogen-bond acceptors (Lipinski definition) is 3. The standard InChI is InChI=1S/C8H18O4S.Na.H/c9-7-5-3-1-2-4-6-8-13(10,11)12;;/h9H,1-8H2,(H,10,11,12);;. The van der Waals surface area contributed by atoms with Gasteiger partial charge in [0, 0.05) is 6.61 Å². The van der Waals surface area contributed by atoms with Crippen LogP contribution in [0.5, 0.6) is 0 Å². The molecule has 0 rings (SSSR count). The molecule has 14 heavy (non-hydrogen) atoms. The second-order valence-electron chi connectivity index (χ2n) is 3.13.